The zero-order valence-electron chi connectivity index (χ0n) is 26.1. The lowest BCUT2D eigenvalue weighted by molar-refractivity contribution is 0.101. The topological polar surface area (TPSA) is 145 Å². The number of hydrogen-bond acceptors (Lipinski definition) is 8. The molecule has 0 fully saturated rings. The number of aryl methyl sites for hydroxylation is 2. The van der Waals surface area contributed by atoms with Crippen molar-refractivity contribution in [2.45, 2.75) is 65.2 Å². The maximum Gasteiger partial charge on any atom is 0.261 e. The van der Waals surface area contributed by atoms with E-state index in [9.17, 15) is 9.59 Å². The Hall–Kier alpha value is -4.84. The van der Waals surface area contributed by atoms with Gasteiger partial charge in [0, 0.05) is 35.7 Å². The maximum absolute atomic E-state index is 12.6. The average Bonchev–Trinajstić information content (AvgIpc) is 3.86. The fourth-order valence-corrected chi connectivity index (χ4v) is 6.27. The van der Waals surface area contributed by atoms with Gasteiger partial charge in [0.2, 0.25) is 0 Å². The number of pyridine rings is 2. The Bertz CT molecular complexity index is 1860. The number of carbonyl (C=O) groups excluding carboxylic acids is 2. The van der Waals surface area contributed by atoms with E-state index in [1.54, 1.807) is 12.5 Å². The number of fused-ring (bicyclic) bond motifs is 4. The van der Waals surface area contributed by atoms with E-state index in [1.807, 2.05) is 63.9 Å². The van der Waals surface area contributed by atoms with Crippen LogP contribution in [0.5, 0.6) is 0 Å². The molecule has 1 atom stereocenters. The van der Waals surface area contributed by atoms with Crippen molar-refractivity contribution in [3.63, 3.8) is 0 Å². The van der Waals surface area contributed by atoms with Crippen molar-refractivity contribution >= 4 is 39.6 Å². The molecule has 45 heavy (non-hydrogen) atoms. The number of nitrogens with one attached hydrogen (secondary N) is 2. The van der Waals surface area contributed by atoms with Gasteiger partial charge >= 0.3 is 0 Å². The number of para-hydroxylation sites is 1. The number of amides is 2. The molecule has 7 rings (SSSR count). The summed E-state index contributed by atoms with van der Waals surface area (Å²) < 4.78 is 3.87. The summed E-state index contributed by atoms with van der Waals surface area (Å²) in [6.07, 6.45) is 9.81. The summed E-state index contributed by atoms with van der Waals surface area (Å²) in [5.74, 6) is 5.62. The predicted octanol–water partition coefficient (Wildman–Crippen LogP) is 5.44. The molecular weight excluding hydrogens is 586 g/mol. The first-order chi connectivity index (χ1) is 21.9. The summed E-state index contributed by atoms with van der Waals surface area (Å²) in [6.45, 7) is 6.43. The molecule has 0 aliphatic heterocycles. The van der Waals surface area contributed by atoms with Gasteiger partial charge in [-0.05, 0) is 73.4 Å². The Kier molecular flexibility index (Phi) is 10.0. The van der Waals surface area contributed by atoms with Gasteiger partial charge in [0.1, 0.15) is 6.33 Å². The number of hydrogen-bond donors (Lipinski definition) is 3. The molecular formula is C33H39N9O2S. The minimum absolute atomic E-state index is 0.187. The molecule has 4 N–H and O–H groups in total. The van der Waals surface area contributed by atoms with Crippen LogP contribution in [0.15, 0.2) is 65.5 Å². The molecule has 0 radical (unpaired) electrons. The van der Waals surface area contributed by atoms with Gasteiger partial charge < -0.3 is 15.7 Å². The molecule has 4 heterocycles. The number of carbonyl (C=O) groups is 2. The van der Waals surface area contributed by atoms with Crippen molar-refractivity contribution in [2.75, 3.05) is 10.6 Å². The predicted molar refractivity (Wildman–Crippen MR) is 177 cm³/mol. The fourth-order valence-electron chi connectivity index (χ4n) is 5.75. The molecule has 0 saturated heterocycles. The molecule has 0 saturated carbocycles. The zero-order chi connectivity index (χ0) is 31.9. The van der Waals surface area contributed by atoms with Crippen LogP contribution in [0.3, 0.4) is 0 Å². The van der Waals surface area contributed by atoms with Crippen LogP contribution >= 0.6 is 11.3 Å². The maximum atomic E-state index is 12.6. The summed E-state index contributed by atoms with van der Waals surface area (Å²) >= 11 is 1.39. The third-order valence-corrected chi connectivity index (χ3v) is 8.55. The first-order valence-corrected chi connectivity index (χ1v) is 16.1. The van der Waals surface area contributed by atoms with E-state index in [0.717, 1.165) is 37.8 Å². The second kappa shape index (κ2) is 14.3. The summed E-state index contributed by atoms with van der Waals surface area (Å²) in [5, 5.41) is 20.0. The van der Waals surface area contributed by atoms with E-state index in [4.69, 9.17) is 5.84 Å². The van der Waals surface area contributed by atoms with Crippen LogP contribution < -0.4 is 22.0 Å². The number of aromatic nitrogens is 5. The molecule has 1 aromatic carbocycles. The molecule has 11 nitrogen and oxygen atoms in total. The van der Waals surface area contributed by atoms with Crippen LogP contribution in [-0.4, -0.2) is 36.0 Å². The molecule has 4 aromatic heterocycles. The van der Waals surface area contributed by atoms with Gasteiger partial charge in [-0.1, -0.05) is 45.4 Å². The highest BCUT2D eigenvalue weighted by molar-refractivity contribution is 7.13. The summed E-state index contributed by atoms with van der Waals surface area (Å²) in [5.41, 5.74) is 7.81. The highest BCUT2D eigenvalue weighted by Crippen LogP contribution is 2.32. The Morgan fingerprint density at radius 3 is 2.51 bits per heavy atom. The number of anilines is 2. The standard InChI is InChI=1S/C17H20N4O.C13H11N5OS.C3H8/c1-11-8-9-15-13(11)10-14(16(20-18)21(15)2)17(22)19-12-6-4-3-5-7-12;19-12(16-13-14-4-5-20-13)9-6-8-2-1-3-10(8)18-7-15-17-11(9)18;1-3-2/h3-7,10-11H,8-9,18H2,1-2H3,(H,19,22);4-7H,1-3H2,(H,14,16,19);3H2,1-2H3/b20-16-;;. The van der Waals surface area contributed by atoms with Crippen LogP contribution in [0.4, 0.5) is 10.8 Å². The largest absolute Gasteiger partial charge is 0.331 e. The average molecular weight is 626 g/mol. The van der Waals surface area contributed by atoms with Crippen LogP contribution in [0, 0.1) is 0 Å². The van der Waals surface area contributed by atoms with Crippen molar-refractivity contribution in [3.05, 3.63) is 99.5 Å². The Morgan fingerprint density at radius 1 is 1.04 bits per heavy atom. The normalized spacial score (nSPS) is 14.9. The zero-order valence-corrected chi connectivity index (χ0v) is 26.9. The molecule has 2 amide bonds. The number of nitrogens with two attached hydrogens (primary N) is 1. The van der Waals surface area contributed by atoms with Gasteiger partial charge in [0.15, 0.2) is 16.3 Å². The molecule has 234 valence electrons. The molecule has 0 bridgehead atoms. The number of rotatable bonds is 4. The Balaban J connectivity index is 0.000000164. The first kappa shape index (κ1) is 31.6. The van der Waals surface area contributed by atoms with Gasteiger partial charge in [-0.2, -0.15) is 5.10 Å². The van der Waals surface area contributed by atoms with E-state index in [2.05, 4.69) is 51.7 Å². The van der Waals surface area contributed by atoms with Crippen LogP contribution in [0.2, 0.25) is 0 Å². The van der Waals surface area contributed by atoms with Gasteiger partial charge in [0.05, 0.1) is 11.1 Å². The molecule has 2 aliphatic rings. The quantitative estimate of drug-likeness (QED) is 0.179. The summed E-state index contributed by atoms with van der Waals surface area (Å²) in [4.78, 5) is 29.1. The lowest BCUT2D eigenvalue weighted by Gasteiger charge is -2.14. The third kappa shape index (κ3) is 6.80. The van der Waals surface area contributed by atoms with Gasteiger partial charge in [-0.25, -0.2) is 4.98 Å². The Labute approximate surface area is 266 Å². The van der Waals surface area contributed by atoms with Crippen LogP contribution in [0.1, 0.15) is 89.2 Å². The van der Waals surface area contributed by atoms with Crippen LogP contribution in [0.25, 0.3) is 5.65 Å². The van der Waals surface area contributed by atoms with Crippen LogP contribution in [-0.2, 0) is 26.3 Å². The van der Waals surface area contributed by atoms with Crippen molar-refractivity contribution in [1.82, 2.24) is 24.1 Å². The lowest BCUT2D eigenvalue weighted by Crippen LogP contribution is -2.32. The summed E-state index contributed by atoms with van der Waals surface area (Å²) in [7, 11) is 1.92. The molecule has 5 aromatic rings. The SMILES string of the molecule is CC1CCc2c1cc(C(=O)Nc1ccccc1)/c(=N/N)n2C.CCC.O=C(Nc1nccs1)c1cc2c(n3cnnc13)CCC2. The first-order valence-electron chi connectivity index (χ1n) is 15.2. The summed E-state index contributed by atoms with van der Waals surface area (Å²) in [6, 6.07) is 13.3. The highest BCUT2D eigenvalue weighted by Gasteiger charge is 2.25. The van der Waals surface area contributed by atoms with Crippen molar-refractivity contribution in [2.24, 2.45) is 18.0 Å². The van der Waals surface area contributed by atoms with Crippen molar-refractivity contribution in [1.29, 1.82) is 0 Å². The monoisotopic (exact) mass is 625 g/mol. The molecule has 12 heteroatoms. The second-order valence-corrected chi connectivity index (χ2v) is 12.0. The highest BCUT2D eigenvalue weighted by atomic mass is 32.1. The van der Waals surface area contributed by atoms with Gasteiger partial charge in [0.25, 0.3) is 11.8 Å². The van der Waals surface area contributed by atoms with E-state index >= 15 is 0 Å². The lowest BCUT2D eigenvalue weighted by atomic mass is 10.0. The van der Waals surface area contributed by atoms with E-state index < -0.39 is 0 Å². The molecule has 2 aliphatic carbocycles. The second-order valence-electron chi connectivity index (χ2n) is 11.1. The van der Waals surface area contributed by atoms with Crippen molar-refractivity contribution in [3.8, 4) is 0 Å². The van der Waals surface area contributed by atoms with Crippen molar-refractivity contribution < 1.29 is 9.59 Å². The van der Waals surface area contributed by atoms with Gasteiger partial charge in [-0.15, -0.1) is 21.5 Å². The minimum atomic E-state index is -0.187. The van der Waals surface area contributed by atoms with Gasteiger partial charge in [-0.3, -0.25) is 19.3 Å². The molecule has 0 spiro atoms. The Morgan fingerprint density at radius 2 is 1.80 bits per heavy atom. The fraction of sp³-hybridized carbons (Fsp3) is 0.333. The number of thiazole rings is 1. The number of benzene rings is 1. The third-order valence-electron chi connectivity index (χ3n) is 7.87. The smallest absolute Gasteiger partial charge is 0.261 e. The molecule has 1 unspecified atom stereocenters. The van der Waals surface area contributed by atoms with E-state index in [0.29, 0.717) is 33.3 Å². The van der Waals surface area contributed by atoms with E-state index in [-0.39, 0.29) is 11.8 Å². The minimum Gasteiger partial charge on any atom is -0.331 e. The number of nitrogens with zero attached hydrogens (tertiary/aromatic N) is 6. The van der Waals surface area contributed by atoms with E-state index in [1.165, 1.54) is 40.3 Å².